The Kier molecular flexibility index (Phi) is 5.90. The minimum Gasteiger partial charge on any atom is -0.370 e. The minimum absolute atomic E-state index is 0.142. The third kappa shape index (κ3) is 4.26. The summed E-state index contributed by atoms with van der Waals surface area (Å²) in [5.74, 6) is 0.142. The molecule has 3 nitrogen and oxygen atoms in total. The van der Waals surface area contributed by atoms with E-state index >= 15 is 0 Å². The zero-order chi connectivity index (χ0) is 14.2. The number of carbonyl (C=O) groups excluding carboxylic acids is 1. The van der Waals surface area contributed by atoms with Crippen LogP contribution in [0, 0.1) is 0 Å². The van der Waals surface area contributed by atoms with Gasteiger partial charge < -0.3 is 10.2 Å². The van der Waals surface area contributed by atoms with Gasteiger partial charge in [-0.05, 0) is 37.8 Å². The molecule has 1 aromatic carbocycles. The van der Waals surface area contributed by atoms with Gasteiger partial charge in [0, 0.05) is 19.5 Å². The molecule has 0 radical (unpaired) electrons. The van der Waals surface area contributed by atoms with Crippen LogP contribution in [0.4, 0.5) is 11.4 Å². The SMILES string of the molecule is CCCCCC(=O)Nc1ccccc1N1CCCCC1. The van der Waals surface area contributed by atoms with Crippen molar-refractivity contribution in [2.24, 2.45) is 0 Å². The number of nitrogens with one attached hydrogen (secondary N) is 1. The molecule has 1 aromatic rings. The lowest BCUT2D eigenvalue weighted by Gasteiger charge is -2.30. The van der Waals surface area contributed by atoms with Crippen LogP contribution in [0.15, 0.2) is 24.3 Å². The van der Waals surface area contributed by atoms with E-state index in [9.17, 15) is 4.79 Å². The zero-order valence-corrected chi connectivity index (χ0v) is 12.5. The molecule has 1 saturated heterocycles. The molecule has 3 heteroatoms. The number of piperidine rings is 1. The molecule has 1 aliphatic heterocycles. The van der Waals surface area contributed by atoms with Crippen LogP contribution < -0.4 is 10.2 Å². The zero-order valence-electron chi connectivity index (χ0n) is 12.5. The minimum atomic E-state index is 0.142. The van der Waals surface area contributed by atoms with Crippen molar-refractivity contribution in [2.45, 2.75) is 51.9 Å². The molecular formula is C17H26N2O. The van der Waals surface area contributed by atoms with Crippen LogP contribution in [0.25, 0.3) is 0 Å². The van der Waals surface area contributed by atoms with Crippen LogP contribution in [0.2, 0.25) is 0 Å². The van der Waals surface area contributed by atoms with Crippen molar-refractivity contribution < 1.29 is 4.79 Å². The van der Waals surface area contributed by atoms with Crippen LogP contribution in [-0.4, -0.2) is 19.0 Å². The topological polar surface area (TPSA) is 32.3 Å². The fourth-order valence-corrected chi connectivity index (χ4v) is 2.74. The molecule has 0 spiro atoms. The van der Waals surface area contributed by atoms with Crippen molar-refractivity contribution in [1.82, 2.24) is 0 Å². The predicted molar refractivity (Wildman–Crippen MR) is 85.3 cm³/mol. The molecule has 1 fully saturated rings. The molecule has 0 bridgehead atoms. The average molecular weight is 274 g/mol. The van der Waals surface area contributed by atoms with Crippen LogP contribution >= 0.6 is 0 Å². The fourth-order valence-electron chi connectivity index (χ4n) is 2.74. The van der Waals surface area contributed by atoms with Crippen LogP contribution in [0.1, 0.15) is 51.9 Å². The lowest BCUT2D eigenvalue weighted by molar-refractivity contribution is -0.116. The van der Waals surface area contributed by atoms with Gasteiger partial charge in [-0.15, -0.1) is 0 Å². The van der Waals surface area contributed by atoms with Gasteiger partial charge in [-0.1, -0.05) is 31.9 Å². The molecule has 20 heavy (non-hydrogen) atoms. The van der Waals surface area contributed by atoms with Gasteiger partial charge in [-0.3, -0.25) is 4.79 Å². The average Bonchev–Trinajstić information content (AvgIpc) is 2.49. The molecule has 2 rings (SSSR count). The number of nitrogens with zero attached hydrogens (tertiary/aromatic N) is 1. The first-order valence-electron chi connectivity index (χ1n) is 7.95. The van der Waals surface area contributed by atoms with Crippen LogP contribution in [0.3, 0.4) is 0 Å². The lowest BCUT2D eigenvalue weighted by Crippen LogP contribution is -2.30. The number of benzene rings is 1. The van der Waals surface area contributed by atoms with E-state index in [4.69, 9.17) is 0 Å². The number of rotatable bonds is 6. The molecule has 0 aliphatic carbocycles. The fraction of sp³-hybridized carbons (Fsp3) is 0.588. The van der Waals surface area contributed by atoms with E-state index in [-0.39, 0.29) is 5.91 Å². The Morgan fingerprint density at radius 1 is 1.15 bits per heavy atom. The maximum Gasteiger partial charge on any atom is 0.224 e. The van der Waals surface area contributed by atoms with Crippen LogP contribution in [-0.2, 0) is 4.79 Å². The number of unbranched alkanes of at least 4 members (excludes halogenated alkanes) is 2. The quantitative estimate of drug-likeness (QED) is 0.789. The summed E-state index contributed by atoms with van der Waals surface area (Å²) < 4.78 is 0. The van der Waals surface area contributed by atoms with Crippen molar-refractivity contribution >= 4 is 17.3 Å². The van der Waals surface area contributed by atoms with E-state index in [1.165, 1.54) is 24.9 Å². The highest BCUT2D eigenvalue weighted by Gasteiger charge is 2.15. The third-order valence-electron chi connectivity index (χ3n) is 3.88. The molecule has 1 amide bonds. The Balaban J connectivity index is 1.98. The number of carbonyl (C=O) groups is 1. The van der Waals surface area contributed by atoms with E-state index in [2.05, 4.69) is 29.3 Å². The monoisotopic (exact) mass is 274 g/mol. The molecule has 0 unspecified atom stereocenters. The van der Waals surface area contributed by atoms with E-state index in [1.807, 2.05) is 12.1 Å². The van der Waals surface area contributed by atoms with Gasteiger partial charge in [-0.2, -0.15) is 0 Å². The third-order valence-corrected chi connectivity index (χ3v) is 3.88. The predicted octanol–water partition coefficient (Wildman–Crippen LogP) is 4.20. The number of amides is 1. The van der Waals surface area contributed by atoms with E-state index in [0.29, 0.717) is 6.42 Å². The maximum atomic E-state index is 12.0. The van der Waals surface area contributed by atoms with Gasteiger partial charge in [0.2, 0.25) is 5.91 Å². The Hall–Kier alpha value is -1.51. The summed E-state index contributed by atoms with van der Waals surface area (Å²) in [4.78, 5) is 14.4. The van der Waals surface area contributed by atoms with Crippen molar-refractivity contribution in [2.75, 3.05) is 23.3 Å². The summed E-state index contributed by atoms with van der Waals surface area (Å²) in [5, 5.41) is 3.09. The molecule has 1 N–H and O–H groups in total. The van der Waals surface area contributed by atoms with Crippen molar-refractivity contribution in [3.63, 3.8) is 0 Å². The summed E-state index contributed by atoms with van der Waals surface area (Å²) in [6.45, 7) is 4.36. The molecular weight excluding hydrogens is 248 g/mol. The van der Waals surface area contributed by atoms with Crippen molar-refractivity contribution in [3.05, 3.63) is 24.3 Å². The highest BCUT2D eigenvalue weighted by atomic mass is 16.1. The Bertz CT molecular complexity index is 425. The Morgan fingerprint density at radius 3 is 2.65 bits per heavy atom. The molecule has 0 atom stereocenters. The van der Waals surface area contributed by atoms with Gasteiger partial charge in [-0.25, -0.2) is 0 Å². The first kappa shape index (κ1) is 14.9. The second kappa shape index (κ2) is 7.93. The number of hydrogen-bond acceptors (Lipinski definition) is 2. The van der Waals surface area contributed by atoms with Crippen molar-refractivity contribution in [1.29, 1.82) is 0 Å². The number of hydrogen-bond donors (Lipinski definition) is 1. The van der Waals surface area contributed by atoms with E-state index in [0.717, 1.165) is 38.0 Å². The van der Waals surface area contributed by atoms with Gasteiger partial charge in [0.25, 0.3) is 0 Å². The first-order valence-corrected chi connectivity index (χ1v) is 7.95. The Morgan fingerprint density at radius 2 is 1.90 bits per heavy atom. The number of para-hydroxylation sites is 2. The van der Waals surface area contributed by atoms with Crippen molar-refractivity contribution in [3.8, 4) is 0 Å². The standard InChI is InChI=1S/C17H26N2O/c1-2-3-5-12-17(20)18-15-10-6-7-11-16(15)19-13-8-4-9-14-19/h6-7,10-11H,2-5,8-9,12-14H2,1H3,(H,18,20). The lowest BCUT2D eigenvalue weighted by atomic mass is 10.1. The molecule has 110 valence electrons. The normalized spacial score (nSPS) is 15.2. The van der Waals surface area contributed by atoms with Gasteiger partial charge in [0.05, 0.1) is 11.4 Å². The first-order chi connectivity index (χ1) is 9.81. The molecule has 1 heterocycles. The largest absolute Gasteiger partial charge is 0.370 e. The Labute approximate surface area is 122 Å². The smallest absolute Gasteiger partial charge is 0.224 e. The molecule has 0 saturated carbocycles. The van der Waals surface area contributed by atoms with Crippen LogP contribution in [0.5, 0.6) is 0 Å². The van der Waals surface area contributed by atoms with Gasteiger partial charge >= 0.3 is 0 Å². The molecule has 0 aromatic heterocycles. The highest BCUT2D eigenvalue weighted by Crippen LogP contribution is 2.28. The van der Waals surface area contributed by atoms with Gasteiger partial charge in [0.15, 0.2) is 0 Å². The highest BCUT2D eigenvalue weighted by molar-refractivity contribution is 5.94. The van der Waals surface area contributed by atoms with E-state index < -0.39 is 0 Å². The maximum absolute atomic E-state index is 12.0. The summed E-state index contributed by atoms with van der Waals surface area (Å²) in [6, 6.07) is 8.18. The summed E-state index contributed by atoms with van der Waals surface area (Å²) >= 11 is 0. The summed E-state index contributed by atoms with van der Waals surface area (Å²) in [6.07, 6.45) is 7.70. The second-order valence-electron chi connectivity index (χ2n) is 5.57. The molecule has 1 aliphatic rings. The summed E-state index contributed by atoms with van der Waals surface area (Å²) in [7, 11) is 0. The number of anilines is 2. The van der Waals surface area contributed by atoms with E-state index in [1.54, 1.807) is 0 Å². The van der Waals surface area contributed by atoms with Gasteiger partial charge in [0.1, 0.15) is 0 Å². The second-order valence-corrected chi connectivity index (χ2v) is 5.57. The summed E-state index contributed by atoms with van der Waals surface area (Å²) in [5.41, 5.74) is 2.15.